The second-order valence-corrected chi connectivity index (χ2v) is 6.24. The average molecular weight is 213 g/mol. The molecule has 0 spiro atoms. The van der Waals surface area contributed by atoms with Crippen LogP contribution < -0.4 is 0 Å². The first-order chi connectivity index (χ1) is 6.61. The van der Waals surface area contributed by atoms with Gasteiger partial charge in [-0.25, -0.2) is 0 Å². The molecule has 1 saturated heterocycles. The van der Waals surface area contributed by atoms with Crippen molar-refractivity contribution in [3.8, 4) is 0 Å². The number of rotatable bonds is 2. The van der Waals surface area contributed by atoms with E-state index in [1.807, 2.05) is 25.7 Å². The van der Waals surface area contributed by atoms with E-state index in [1.54, 1.807) is 0 Å². The highest BCUT2D eigenvalue weighted by Crippen LogP contribution is 2.27. The number of hydrogen-bond donors (Lipinski definition) is 0. The highest BCUT2D eigenvalue weighted by Gasteiger charge is 2.42. The summed E-state index contributed by atoms with van der Waals surface area (Å²) in [7, 11) is 0. The molecule has 3 heteroatoms. The third-order valence-electron chi connectivity index (χ3n) is 2.55. The molecular weight excluding hydrogens is 190 g/mol. The minimum absolute atomic E-state index is 0.0463. The largest absolute Gasteiger partial charge is 0.375 e. The second-order valence-electron chi connectivity index (χ2n) is 6.24. The predicted molar refractivity (Wildman–Crippen MR) is 60.7 cm³/mol. The molecule has 1 unspecified atom stereocenters. The molecule has 1 fully saturated rings. The SMILES string of the molecule is CC(C)(C)OCC1CN(C(C)(C)C)C1=O. The van der Waals surface area contributed by atoms with Crippen molar-refractivity contribution in [2.75, 3.05) is 13.2 Å². The van der Waals surface area contributed by atoms with Gasteiger partial charge in [0.1, 0.15) is 0 Å². The summed E-state index contributed by atoms with van der Waals surface area (Å²) < 4.78 is 5.62. The number of amides is 1. The van der Waals surface area contributed by atoms with Crippen molar-refractivity contribution >= 4 is 5.91 Å². The van der Waals surface area contributed by atoms with E-state index < -0.39 is 0 Å². The van der Waals surface area contributed by atoms with Crippen molar-refractivity contribution in [3.05, 3.63) is 0 Å². The van der Waals surface area contributed by atoms with Crippen molar-refractivity contribution in [2.24, 2.45) is 5.92 Å². The van der Waals surface area contributed by atoms with Crippen molar-refractivity contribution in [2.45, 2.75) is 52.7 Å². The Morgan fingerprint density at radius 2 is 1.80 bits per heavy atom. The highest BCUT2D eigenvalue weighted by atomic mass is 16.5. The van der Waals surface area contributed by atoms with Gasteiger partial charge >= 0.3 is 0 Å². The van der Waals surface area contributed by atoms with Gasteiger partial charge in [0.2, 0.25) is 5.91 Å². The summed E-state index contributed by atoms with van der Waals surface area (Å²) in [4.78, 5) is 13.7. The number of ether oxygens (including phenoxy) is 1. The van der Waals surface area contributed by atoms with E-state index >= 15 is 0 Å². The molecule has 1 heterocycles. The first-order valence-electron chi connectivity index (χ1n) is 5.57. The first kappa shape index (κ1) is 12.5. The van der Waals surface area contributed by atoms with Crippen molar-refractivity contribution in [1.82, 2.24) is 4.90 Å². The molecule has 0 aromatic carbocycles. The lowest BCUT2D eigenvalue weighted by Gasteiger charge is -2.47. The lowest BCUT2D eigenvalue weighted by molar-refractivity contribution is -0.162. The number of nitrogens with zero attached hydrogens (tertiary/aromatic N) is 1. The third kappa shape index (κ3) is 3.20. The maximum absolute atomic E-state index is 11.8. The zero-order valence-corrected chi connectivity index (χ0v) is 10.8. The Balaban J connectivity index is 2.37. The van der Waals surface area contributed by atoms with Gasteiger partial charge in [-0.15, -0.1) is 0 Å². The Bertz CT molecular complexity index is 245. The fraction of sp³-hybridized carbons (Fsp3) is 0.917. The molecule has 1 atom stereocenters. The van der Waals surface area contributed by atoms with Gasteiger partial charge < -0.3 is 9.64 Å². The smallest absolute Gasteiger partial charge is 0.230 e. The maximum atomic E-state index is 11.8. The van der Waals surface area contributed by atoms with Gasteiger partial charge in [-0.05, 0) is 41.5 Å². The van der Waals surface area contributed by atoms with Gasteiger partial charge in [-0.1, -0.05) is 0 Å². The molecular formula is C12H23NO2. The Morgan fingerprint density at radius 3 is 2.13 bits per heavy atom. The zero-order valence-electron chi connectivity index (χ0n) is 10.8. The number of carbonyl (C=O) groups excluding carboxylic acids is 1. The molecule has 0 N–H and O–H groups in total. The van der Waals surface area contributed by atoms with Gasteiger partial charge in [0.05, 0.1) is 18.1 Å². The number of carbonyl (C=O) groups is 1. The van der Waals surface area contributed by atoms with E-state index in [-0.39, 0.29) is 23.0 Å². The highest BCUT2D eigenvalue weighted by molar-refractivity contribution is 5.85. The standard InChI is InChI=1S/C12H23NO2/c1-11(2,3)13-7-9(10(13)14)8-15-12(4,5)6/h9H,7-8H2,1-6H3. The Morgan fingerprint density at radius 1 is 1.27 bits per heavy atom. The summed E-state index contributed by atoms with van der Waals surface area (Å²) in [5.74, 6) is 0.301. The fourth-order valence-electron chi connectivity index (χ4n) is 1.58. The molecule has 0 aliphatic carbocycles. The summed E-state index contributed by atoms with van der Waals surface area (Å²) >= 11 is 0. The van der Waals surface area contributed by atoms with E-state index in [9.17, 15) is 4.79 Å². The number of hydrogen-bond acceptors (Lipinski definition) is 2. The predicted octanol–water partition coefficient (Wildman–Crippen LogP) is 2.06. The Kier molecular flexibility index (Phi) is 3.15. The van der Waals surface area contributed by atoms with Crippen LogP contribution >= 0.6 is 0 Å². The molecule has 0 aromatic rings. The van der Waals surface area contributed by atoms with Gasteiger partial charge in [0.15, 0.2) is 0 Å². The maximum Gasteiger partial charge on any atom is 0.230 e. The fourth-order valence-corrected chi connectivity index (χ4v) is 1.58. The monoisotopic (exact) mass is 213 g/mol. The summed E-state index contributed by atoms with van der Waals surface area (Å²) in [6.07, 6.45) is 0. The van der Waals surface area contributed by atoms with Gasteiger partial charge in [0.25, 0.3) is 0 Å². The van der Waals surface area contributed by atoms with Gasteiger partial charge in [-0.3, -0.25) is 4.79 Å². The summed E-state index contributed by atoms with van der Waals surface area (Å²) in [6.45, 7) is 13.6. The van der Waals surface area contributed by atoms with Crippen molar-refractivity contribution < 1.29 is 9.53 Å². The quantitative estimate of drug-likeness (QED) is 0.657. The molecule has 1 rings (SSSR count). The molecule has 0 bridgehead atoms. The first-order valence-corrected chi connectivity index (χ1v) is 5.57. The van der Waals surface area contributed by atoms with Crippen LogP contribution in [0.25, 0.3) is 0 Å². The normalized spacial score (nSPS) is 22.9. The van der Waals surface area contributed by atoms with Crippen LogP contribution in [0.1, 0.15) is 41.5 Å². The van der Waals surface area contributed by atoms with Crippen LogP contribution in [0.4, 0.5) is 0 Å². The molecule has 1 amide bonds. The Hall–Kier alpha value is -0.570. The van der Waals surface area contributed by atoms with Gasteiger partial charge in [0, 0.05) is 12.1 Å². The summed E-state index contributed by atoms with van der Waals surface area (Å²) in [6, 6.07) is 0. The second kappa shape index (κ2) is 3.78. The molecule has 0 saturated carbocycles. The van der Waals surface area contributed by atoms with Crippen molar-refractivity contribution in [1.29, 1.82) is 0 Å². The molecule has 15 heavy (non-hydrogen) atoms. The third-order valence-corrected chi connectivity index (χ3v) is 2.55. The van der Waals surface area contributed by atoms with Crippen LogP contribution in [0.2, 0.25) is 0 Å². The van der Waals surface area contributed by atoms with E-state index in [4.69, 9.17) is 4.74 Å². The van der Waals surface area contributed by atoms with Crippen LogP contribution in [-0.2, 0) is 9.53 Å². The minimum atomic E-state index is -0.150. The molecule has 0 radical (unpaired) electrons. The topological polar surface area (TPSA) is 29.5 Å². The van der Waals surface area contributed by atoms with E-state index in [0.717, 1.165) is 6.54 Å². The van der Waals surface area contributed by atoms with E-state index in [0.29, 0.717) is 6.61 Å². The lowest BCUT2D eigenvalue weighted by Crippen LogP contribution is -2.61. The zero-order chi connectivity index (χ0) is 11.9. The lowest BCUT2D eigenvalue weighted by atomic mass is 9.92. The van der Waals surface area contributed by atoms with Crippen LogP contribution in [0.3, 0.4) is 0 Å². The molecule has 0 aromatic heterocycles. The molecule has 88 valence electrons. The average Bonchev–Trinajstić information content (AvgIpc) is 1.96. The van der Waals surface area contributed by atoms with Gasteiger partial charge in [-0.2, -0.15) is 0 Å². The van der Waals surface area contributed by atoms with E-state index in [1.165, 1.54) is 0 Å². The van der Waals surface area contributed by atoms with Crippen LogP contribution in [-0.4, -0.2) is 35.1 Å². The van der Waals surface area contributed by atoms with Crippen molar-refractivity contribution in [3.63, 3.8) is 0 Å². The van der Waals surface area contributed by atoms with E-state index in [2.05, 4.69) is 20.8 Å². The molecule has 1 aliphatic rings. The molecule has 1 aliphatic heterocycles. The van der Waals surface area contributed by atoms with Crippen LogP contribution in [0.15, 0.2) is 0 Å². The van der Waals surface area contributed by atoms with Crippen LogP contribution in [0, 0.1) is 5.92 Å². The molecule has 3 nitrogen and oxygen atoms in total. The number of likely N-dealkylation sites (tertiary alicyclic amines) is 1. The number of β-lactam (4-membered cyclic amide) rings is 1. The summed E-state index contributed by atoms with van der Waals surface area (Å²) in [5.41, 5.74) is -0.197. The Labute approximate surface area is 92.8 Å². The van der Waals surface area contributed by atoms with Crippen LogP contribution in [0.5, 0.6) is 0 Å². The summed E-state index contributed by atoms with van der Waals surface area (Å²) in [5, 5.41) is 0. The minimum Gasteiger partial charge on any atom is -0.375 e.